The SMILES string of the molecule is COc1cc2c(cc1OC)[C@@H](COc1ccc(F)cc1)N(C(=O)c1ccc(OC(C)C)cc1)CC2. The third kappa shape index (κ3) is 5.50. The van der Waals surface area contributed by atoms with Gasteiger partial charge in [0.2, 0.25) is 0 Å². The first-order chi connectivity index (χ1) is 16.9. The molecule has 0 radical (unpaired) electrons. The number of methoxy groups -OCH3 is 2. The molecule has 0 fully saturated rings. The number of hydrogen-bond acceptors (Lipinski definition) is 5. The Morgan fingerprint density at radius 1 is 0.971 bits per heavy atom. The van der Waals surface area contributed by atoms with Gasteiger partial charge in [-0.1, -0.05) is 0 Å². The molecule has 1 aliphatic rings. The van der Waals surface area contributed by atoms with Crippen LogP contribution in [0, 0.1) is 5.82 Å². The largest absolute Gasteiger partial charge is 0.493 e. The molecular weight excluding hydrogens is 449 g/mol. The number of ether oxygens (including phenoxy) is 4. The fourth-order valence-electron chi connectivity index (χ4n) is 4.27. The lowest BCUT2D eigenvalue weighted by molar-refractivity contribution is 0.0589. The predicted octanol–water partition coefficient (Wildman–Crippen LogP) is 5.45. The number of carbonyl (C=O) groups is 1. The van der Waals surface area contributed by atoms with Crippen molar-refractivity contribution in [1.82, 2.24) is 4.90 Å². The average Bonchev–Trinajstić information content (AvgIpc) is 2.87. The normalized spacial score (nSPS) is 14.9. The van der Waals surface area contributed by atoms with Crippen LogP contribution in [0.25, 0.3) is 0 Å². The Kier molecular flexibility index (Phi) is 7.44. The van der Waals surface area contributed by atoms with Crippen molar-refractivity contribution >= 4 is 5.91 Å². The number of amides is 1. The Morgan fingerprint density at radius 3 is 2.23 bits per heavy atom. The number of fused-ring (bicyclic) bond motifs is 1. The van der Waals surface area contributed by atoms with Gasteiger partial charge in [-0.3, -0.25) is 4.79 Å². The van der Waals surface area contributed by atoms with Gasteiger partial charge in [0.05, 0.1) is 26.4 Å². The maximum Gasteiger partial charge on any atom is 0.254 e. The highest BCUT2D eigenvalue weighted by Crippen LogP contribution is 2.39. The van der Waals surface area contributed by atoms with Gasteiger partial charge < -0.3 is 23.8 Å². The summed E-state index contributed by atoms with van der Waals surface area (Å²) in [7, 11) is 3.19. The number of halogens is 1. The second-order valence-corrected chi connectivity index (χ2v) is 8.63. The Hall–Kier alpha value is -3.74. The van der Waals surface area contributed by atoms with Gasteiger partial charge in [-0.05, 0) is 92.1 Å². The summed E-state index contributed by atoms with van der Waals surface area (Å²) in [5.74, 6) is 2.04. The van der Waals surface area contributed by atoms with Gasteiger partial charge in [0.25, 0.3) is 5.91 Å². The van der Waals surface area contributed by atoms with Crippen molar-refractivity contribution < 1.29 is 28.1 Å². The average molecular weight is 480 g/mol. The molecule has 3 aromatic carbocycles. The molecule has 1 amide bonds. The van der Waals surface area contributed by atoms with Gasteiger partial charge in [0.15, 0.2) is 11.5 Å². The zero-order valence-corrected chi connectivity index (χ0v) is 20.4. The van der Waals surface area contributed by atoms with E-state index in [1.54, 1.807) is 38.5 Å². The van der Waals surface area contributed by atoms with Crippen molar-refractivity contribution in [2.24, 2.45) is 0 Å². The number of rotatable bonds is 8. The molecule has 1 aliphatic heterocycles. The second-order valence-electron chi connectivity index (χ2n) is 8.63. The Morgan fingerprint density at radius 2 is 1.60 bits per heavy atom. The molecule has 0 spiro atoms. The quantitative estimate of drug-likeness (QED) is 0.430. The molecule has 0 N–H and O–H groups in total. The Labute approximate surface area is 205 Å². The Bertz CT molecular complexity index is 1160. The molecule has 1 atom stereocenters. The lowest BCUT2D eigenvalue weighted by Crippen LogP contribution is -2.42. The predicted molar refractivity (Wildman–Crippen MR) is 131 cm³/mol. The van der Waals surface area contributed by atoms with E-state index in [-0.39, 0.29) is 30.5 Å². The molecule has 6 nitrogen and oxygen atoms in total. The van der Waals surface area contributed by atoms with Gasteiger partial charge >= 0.3 is 0 Å². The second kappa shape index (κ2) is 10.7. The van der Waals surface area contributed by atoms with Crippen molar-refractivity contribution in [3.05, 3.63) is 83.2 Å². The number of hydrogen-bond donors (Lipinski definition) is 0. The van der Waals surface area contributed by atoms with Crippen LogP contribution >= 0.6 is 0 Å². The molecule has 3 aromatic rings. The monoisotopic (exact) mass is 479 g/mol. The van der Waals surface area contributed by atoms with Crippen LogP contribution in [0.3, 0.4) is 0 Å². The van der Waals surface area contributed by atoms with Crippen molar-refractivity contribution in [1.29, 1.82) is 0 Å². The first-order valence-corrected chi connectivity index (χ1v) is 11.6. The Balaban J connectivity index is 1.65. The maximum atomic E-state index is 13.6. The van der Waals surface area contributed by atoms with E-state index >= 15 is 0 Å². The summed E-state index contributed by atoms with van der Waals surface area (Å²) in [5.41, 5.74) is 2.57. The van der Waals surface area contributed by atoms with E-state index in [1.165, 1.54) is 12.1 Å². The third-order valence-electron chi connectivity index (χ3n) is 5.96. The summed E-state index contributed by atoms with van der Waals surface area (Å²) in [5, 5.41) is 0. The lowest BCUT2D eigenvalue weighted by atomic mass is 9.91. The van der Waals surface area contributed by atoms with Gasteiger partial charge in [-0.2, -0.15) is 0 Å². The van der Waals surface area contributed by atoms with Crippen molar-refractivity contribution in [2.75, 3.05) is 27.4 Å². The maximum absolute atomic E-state index is 13.6. The highest BCUT2D eigenvalue weighted by Gasteiger charge is 2.33. The van der Waals surface area contributed by atoms with E-state index in [9.17, 15) is 9.18 Å². The number of carbonyl (C=O) groups excluding carboxylic acids is 1. The van der Waals surface area contributed by atoms with E-state index in [2.05, 4.69) is 0 Å². The fraction of sp³-hybridized carbons (Fsp3) is 0.321. The van der Waals surface area contributed by atoms with Crippen LogP contribution in [0.2, 0.25) is 0 Å². The summed E-state index contributed by atoms with van der Waals surface area (Å²) >= 11 is 0. The lowest BCUT2D eigenvalue weighted by Gasteiger charge is -2.37. The van der Waals surface area contributed by atoms with Gasteiger partial charge in [-0.25, -0.2) is 4.39 Å². The minimum Gasteiger partial charge on any atom is -0.493 e. The van der Waals surface area contributed by atoms with E-state index in [0.29, 0.717) is 41.5 Å². The molecule has 0 aromatic heterocycles. The zero-order chi connectivity index (χ0) is 24.9. The van der Waals surface area contributed by atoms with Crippen LogP contribution < -0.4 is 18.9 Å². The van der Waals surface area contributed by atoms with Crippen molar-refractivity contribution in [3.8, 4) is 23.0 Å². The summed E-state index contributed by atoms with van der Waals surface area (Å²) < 4.78 is 36.1. The first-order valence-electron chi connectivity index (χ1n) is 11.6. The van der Waals surface area contributed by atoms with Crippen LogP contribution in [-0.4, -0.2) is 44.3 Å². The van der Waals surface area contributed by atoms with Crippen LogP contribution in [0.4, 0.5) is 4.39 Å². The molecule has 0 saturated carbocycles. The summed E-state index contributed by atoms with van der Waals surface area (Å²) in [6.07, 6.45) is 0.721. The molecule has 1 heterocycles. The first kappa shape index (κ1) is 24.4. The highest BCUT2D eigenvalue weighted by atomic mass is 19.1. The van der Waals surface area contributed by atoms with Crippen LogP contribution in [0.5, 0.6) is 23.0 Å². The molecular formula is C28H30FNO5. The topological polar surface area (TPSA) is 57.2 Å². The zero-order valence-electron chi connectivity index (χ0n) is 20.4. The van der Waals surface area contributed by atoms with Crippen molar-refractivity contribution in [3.63, 3.8) is 0 Å². The molecule has 0 unspecified atom stereocenters. The van der Waals surface area contributed by atoms with Crippen LogP contribution in [0.15, 0.2) is 60.7 Å². The standard InChI is InChI=1S/C28H30FNO5/c1-18(2)35-23-9-5-19(6-10-23)28(31)30-14-13-20-15-26(32-3)27(33-4)16-24(20)25(30)17-34-22-11-7-21(29)8-12-22/h5-12,15-16,18,25H,13-14,17H2,1-4H3/t25-/m1/s1. The van der Waals surface area contributed by atoms with Gasteiger partial charge in [0, 0.05) is 12.1 Å². The van der Waals surface area contributed by atoms with Crippen LogP contribution in [-0.2, 0) is 6.42 Å². The molecule has 7 heteroatoms. The number of nitrogens with zero attached hydrogens (tertiary/aromatic N) is 1. The van der Waals surface area contributed by atoms with Crippen LogP contribution in [0.1, 0.15) is 41.4 Å². The number of benzene rings is 3. The van der Waals surface area contributed by atoms with E-state index < -0.39 is 0 Å². The summed E-state index contributed by atoms with van der Waals surface area (Å²) in [6, 6.07) is 16.5. The molecule has 35 heavy (non-hydrogen) atoms. The molecule has 184 valence electrons. The van der Waals surface area contributed by atoms with Crippen molar-refractivity contribution in [2.45, 2.75) is 32.4 Å². The molecule has 4 rings (SSSR count). The van der Waals surface area contributed by atoms with E-state index in [0.717, 1.165) is 11.1 Å². The minimum atomic E-state index is -0.373. The van der Waals surface area contributed by atoms with Gasteiger partial charge in [-0.15, -0.1) is 0 Å². The van der Waals surface area contributed by atoms with Gasteiger partial charge in [0.1, 0.15) is 23.9 Å². The minimum absolute atomic E-state index is 0.0510. The summed E-state index contributed by atoms with van der Waals surface area (Å²) in [4.78, 5) is 15.4. The highest BCUT2D eigenvalue weighted by molar-refractivity contribution is 5.95. The molecule has 0 aliphatic carbocycles. The van der Waals surface area contributed by atoms with E-state index in [1.807, 2.05) is 43.0 Å². The summed E-state index contributed by atoms with van der Waals surface area (Å²) in [6.45, 7) is 4.63. The molecule has 0 saturated heterocycles. The van der Waals surface area contributed by atoms with E-state index in [4.69, 9.17) is 18.9 Å². The molecule has 0 bridgehead atoms. The fourth-order valence-corrected chi connectivity index (χ4v) is 4.27. The smallest absolute Gasteiger partial charge is 0.254 e. The third-order valence-corrected chi connectivity index (χ3v) is 5.96.